The van der Waals surface area contributed by atoms with E-state index in [2.05, 4.69) is 22.3 Å². The Balaban J connectivity index is 1.40. The van der Waals surface area contributed by atoms with Crippen molar-refractivity contribution in [2.45, 2.75) is 31.7 Å². The number of nitrogens with one attached hydrogen (secondary N) is 1. The quantitative estimate of drug-likeness (QED) is 0.543. The maximum Gasteiger partial charge on any atom is 0.407 e. The fourth-order valence-electron chi connectivity index (χ4n) is 5.16. The van der Waals surface area contributed by atoms with Crippen LogP contribution in [0.2, 0.25) is 0 Å². The van der Waals surface area contributed by atoms with E-state index in [1.165, 1.54) is 0 Å². The third-order valence-corrected chi connectivity index (χ3v) is 6.89. The summed E-state index contributed by atoms with van der Waals surface area (Å²) in [5.41, 5.74) is 4.46. The van der Waals surface area contributed by atoms with Crippen LogP contribution in [-0.4, -0.2) is 78.8 Å². The molecule has 1 saturated heterocycles. The van der Waals surface area contributed by atoms with Crippen LogP contribution >= 0.6 is 0 Å². The molecule has 2 aromatic rings. The van der Waals surface area contributed by atoms with E-state index in [4.69, 9.17) is 9.84 Å². The van der Waals surface area contributed by atoms with Gasteiger partial charge in [-0.25, -0.2) is 4.79 Å². The number of rotatable bonds is 10. The summed E-state index contributed by atoms with van der Waals surface area (Å²) in [6.07, 6.45) is -0.918. The van der Waals surface area contributed by atoms with E-state index < -0.39 is 18.1 Å². The molecular weight excluding hydrogens is 446 g/mol. The number of carboxylic acids is 1. The van der Waals surface area contributed by atoms with Crippen LogP contribution in [0.25, 0.3) is 11.1 Å². The van der Waals surface area contributed by atoms with Crippen LogP contribution < -0.4 is 5.32 Å². The van der Waals surface area contributed by atoms with E-state index in [9.17, 15) is 14.4 Å². The van der Waals surface area contributed by atoms with Crippen LogP contribution in [-0.2, 0) is 14.3 Å². The molecule has 0 saturated carbocycles. The Hall–Kier alpha value is -3.39. The van der Waals surface area contributed by atoms with E-state index in [0.717, 1.165) is 35.3 Å². The molecule has 1 heterocycles. The third-order valence-electron chi connectivity index (χ3n) is 6.89. The number of amides is 2. The summed E-state index contributed by atoms with van der Waals surface area (Å²) in [5.74, 6) is -0.986. The van der Waals surface area contributed by atoms with E-state index in [-0.39, 0.29) is 31.3 Å². The average molecular weight is 480 g/mol. The molecule has 8 heteroatoms. The molecule has 1 aliphatic heterocycles. The van der Waals surface area contributed by atoms with Crippen LogP contribution in [0, 0.1) is 5.92 Å². The fraction of sp³-hybridized carbons (Fsp3) is 0.444. The van der Waals surface area contributed by atoms with Gasteiger partial charge in [0.2, 0.25) is 5.91 Å². The zero-order valence-corrected chi connectivity index (χ0v) is 20.3. The SMILES string of the molecule is CCN(CC1CN(C)C1)C(=O)C(CCC(=O)O)NC(=O)OCC1c2ccccc2-c2ccccc21. The van der Waals surface area contributed by atoms with E-state index in [0.29, 0.717) is 19.0 Å². The highest BCUT2D eigenvalue weighted by molar-refractivity contribution is 5.86. The van der Waals surface area contributed by atoms with Gasteiger partial charge in [0.05, 0.1) is 0 Å². The lowest BCUT2D eigenvalue weighted by molar-refractivity contribution is -0.138. The predicted molar refractivity (Wildman–Crippen MR) is 132 cm³/mol. The van der Waals surface area contributed by atoms with Gasteiger partial charge in [-0.1, -0.05) is 48.5 Å². The van der Waals surface area contributed by atoms with Crippen molar-refractivity contribution >= 4 is 18.0 Å². The number of alkyl carbamates (subject to hydrolysis) is 1. The summed E-state index contributed by atoms with van der Waals surface area (Å²) in [4.78, 5) is 41.0. The molecule has 35 heavy (non-hydrogen) atoms. The van der Waals surface area contributed by atoms with Crippen molar-refractivity contribution in [3.8, 4) is 11.1 Å². The van der Waals surface area contributed by atoms with Crippen molar-refractivity contribution in [1.82, 2.24) is 15.1 Å². The zero-order valence-electron chi connectivity index (χ0n) is 20.3. The number of likely N-dealkylation sites (N-methyl/N-ethyl adjacent to an activating group) is 1. The molecule has 0 spiro atoms. The predicted octanol–water partition coefficient (Wildman–Crippen LogP) is 3.17. The summed E-state index contributed by atoms with van der Waals surface area (Å²) in [6.45, 7) is 4.95. The number of fused-ring (bicyclic) bond motifs is 3. The highest BCUT2D eigenvalue weighted by atomic mass is 16.5. The monoisotopic (exact) mass is 479 g/mol. The Morgan fingerprint density at radius 1 is 1.09 bits per heavy atom. The van der Waals surface area contributed by atoms with Gasteiger partial charge in [-0.05, 0) is 42.6 Å². The van der Waals surface area contributed by atoms with Crippen molar-refractivity contribution in [3.63, 3.8) is 0 Å². The summed E-state index contributed by atoms with van der Waals surface area (Å²) < 4.78 is 5.59. The minimum absolute atomic E-state index is 0.0133. The topological polar surface area (TPSA) is 99.2 Å². The first kappa shape index (κ1) is 24.7. The first-order valence-corrected chi connectivity index (χ1v) is 12.2. The van der Waals surface area contributed by atoms with Gasteiger partial charge in [-0.2, -0.15) is 0 Å². The number of benzene rings is 2. The van der Waals surface area contributed by atoms with E-state index >= 15 is 0 Å². The number of hydrogen-bond acceptors (Lipinski definition) is 5. The Morgan fingerprint density at radius 3 is 2.23 bits per heavy atom. The summed E-state index contributed by atoms with van der Waals surface area (Å²) in [6, 6.07) is 15.2. The molecule has 2 N–H and O–H groups in total. The van der Waals surface area contributed by atoms with Gasteiger partial charge in [0.15, 0.2) is 0 Å². The Kier molecular flexibility index (Phi) is 7.70. The number of hydrogen-bond donors (Lipinski definition) is 2. The van der Waals surface area contributed by atoms with E-state index in [1.807, 2.05) is 50.4 Å². The molecule has 0 bridgehead atoms. The van der Waals surface area contributed by atoms with Crippen molar-refractivity contribution in [1.29, 1.82) is 0 Å². The minimum Gasteiger partial charge on any atom is -0.481 e. The van der Waals surface area contributed by atoms with Crippen molar-refractivity contribution in [3.05, 3.63) is 59.7 Å². The van der Waals surface area contributed by atoms with Gasteiger partial charge in [0.1, 0.15) is 12.6 Å². The van der Waals surface area contributed by atoms with Gasteiger partial charge in [0, 0.05) is 44.4 Å². The minimum atomic E-state index is -1.01. The number of carboxylic acid groups (broad SMARTS) is 1. The lowest BCUT2D eigenvalue weighted by Gasteiger charge is -2.39. The zero-order chi connectivity index (χ0) is 24.9. The molecule has 2 aromatic carbocycles. The van der Waals surface area contributed by atoms with E-state index in [1.54, 1.807) is 4.90 Å². The third kappa shape index (κ3) is 5.65. The first-order chi connectivity index (χ1) is 16.9. The van der Waals surface area contributed by atoms with Gasteiger partial charge < -0.3 is 25.0 Å². The fourth-order valence-corrected chi connectivity index (χ4v) is 5.16. The number of likely N-dealkylation sites (tertiary alicyclic amines) is 1. The highest BCUT2D eigenvalue weighted by Gasteiger charge is 2.32. The average Bonchev–Trinajstić information content (AvgIpc) is 3.15. The van der Waals surface area contributed by atoms with Crippen molar-refractivity contribution < 1.29 is 24.2 Å². The Bertz CT molecular complexity index is 1040. The second kappa shape index (κ2) is 10.9. The van der Waals surface area contributed by atoms with Gasteiger partial charge in [-0.3, -0.25) is 9.59 Å². The molecule has 1 atom stereocenters. The summed E-state index contributed by atoms with van der Waals surface area (Å²) >= 11 is 0. The largest absolute Gasteiger partial charge is 0.481 e. The summed E-state index contributed by atoms with van der Waals surface area (Å²) in [7, 11) is 2.03. The highest BCUT2D eigenvalue weighted by Crippen LogP contribution is 2.44. The standard InChI is InChI=1S/C27H33N3O5/c1-3-30(16-18-14-29(2)15-18)26(33)24(12-13-25(31)32)28-27(34)35-17-23-21-10-6-4-8-19(21)20-9-5-7-11-22(20)23/h4-11,18,23-24H,3,12-17H2,1-2H3,(H,28,34)(H,31,32). The first-order valence-electron chi connectivity index (χ1n) is 12.2. The number of nitrogens with zero attached hydrogens (tertiary/aromatic N) is 2. The lowest BCUT2D eigenvalue weighted by Crippen LogP contribution is -2.54. The van der Waals surface area contributed by atoms with Crippen molar-refractivity contribution in [2.75, 3.05) is 39.8 Å². The van der Waals surface area contributed by atoms with Crippen LogP contribution in [0.15, 0.2) is 48.5 Å². The normalized spacial score (nSPS) is 16.1. The maximum atomic E-state index is 13.2. The van der Waals surface area contributed by atoms with Gasteiger partial charge in [-0.15, -0.1) is 0 Å². The molecule has 2 amide bonds. The number of ether oxygens (including phenoxy) is 1. The molecule has 1 fully saturated rings. The second-order valence-corrected chi connectivity index (χ2v) is 9.42. The van der Waals surface area contributed by atoms with Crippen LogP contribution in [0.5, 0.6) is 0 Å². The Labute approximate surface area is 205 Å². The smallest absolute Gasteiger partial charge is 0.407 e. The molecular formula is C27H33N3O5. The molecule has 4 rings (SSSR count). The van der Waals surface area contributed by atoms with Crippen molar-refractivity contribution in [2.24, 2.45) is 5.92 Å². The molecule has 186 valence electrons. The number of aliphatic carboxylic acids is 1. The van der Waals surface area contributed by atoms with Crippen LogP contribution in [0.4, 0.5) is 4.79 Å². The van der Waals surface area contributed by atoms with Crippen LogP contribution in [0.1, 0.15) is 36.8 Å². The molecule has 2 aliphatic rings. The number of carbonyl (C=O) groups excluding carboxylic acids is 2. The Morgan fingerprint density at radius 2 is 1.69 bits per heavy atom. The number of carbonyl (C=O) groups is 3. The lowest BCUT2D eigenvalue weighted by atomic mass is 9.98. The summed E-state index contributed by atoms with van der Waals surface area (Å²) in [5, 5.41) is 11.8. The molecule has 8 nitrogen and oxygen atoms in total. The molecule has 1 unspecified atom stereocenters. The molecule has 0 aromatic heterocycles. The van der Waals surface area contributed by atoms with Gasteiger partial charge >= 0.3 is 12.1 Å². The maximum absolute atomic E-state index is 13.2. The van der Waals surface area contributed by atoms with Crippen LogP contribution in [0.3, 0.4) is 0 Å². The molecule has 1 aliphatic carbocycles. The van der Waals surface area contributed by atoms with Gasteiger partial charge in [0.25, 0.3) is 0 Å². The second-order valence-electron chi connectivity index (χ2n) is 9.42. The molecule has 0 radical (unpaired) electrons.